The second-order valence-corrected chi connectivity index (χ2v) is 9.99. The fraction of sp³-hybridized carbons (Fsp3) is 0.455. The zero-order chi connectivity index (χ0) is 24.4. The number of carbonyl (C=O) groups is 1. The number of aromatic nitrogens is 1. The molecule has 3 rings (SSSR count). The Balaban J connectivity index is 2.01. The molecule has 0 atom stereocenters. The molecule has 0 radical (unpaired) electrons. The minimum Gasteiger partial charge on any atom is -0.415 e. The van der Waals surface area contributed by atoms with Gasteiger partial charge in [-0.25, -0.2) is 9.71 Å². The summed E-state index contributed by atoms with van der Waals surface area (Å²) < 4.78 is 58.9. The molecule has 180 valence electrons. The Bertz CT molecular complexity index is 1120. The number of amides is 1. The molecule has 11 heteroatoms. The normalized spacial score (nSPS) is 16.0. The van der Waals surface area contributed by atoms with Crippen LogP contribution in [0.5, 0.6) is 5.88 Å². The van der Waals surface area contributed by atoms with Crippen LogP contribution in [0.25, 0.3) is 0 Å². The number of carbonyl (C=O) groups excluding carboxylic acids is 1. The Kier molecular flexibility index (Phi) is 7.35. The maximum atomic E-state index is 13.6. The highest BCUT2D eigenvalue weighted by molar-refractivity contribution is 7.87. The predicted molar refractivity (Wildman–Crippen MR) is 121 cm³/mol. The predicted octanol–water partition coefficient (Wildman–Crippen LogP) is 3.16. The third-order valence-electron chi connectivity index (χ3n) is 5.54. The van der Waals surface area contributed by atoms with E-state index in [0.717, 1.165) is 5.56 Å². The summed E-state index contributed by atoms with van der Waals surface area (Å²) in [6, 6.07) is 10.3. The summed E-state index contributed by atoms with van der Waals surface area (Å²) in [6.07, 6.45) is 0. The highest BCUT2D eigenvalue weighted by atomic mass is 32.2. The van der Waals surface area contributed by atoms with E-state index in [1.807, 2.05) is 26.0 Å². The van der Waals surface area contributed by atoms with Gasteiger partial charge in [-0.2, -0.15) is 21.5 Å². The van der Waals surface area contributed by atoms with Crippen molar-refractivity contribution < 1.29 is 26.7 Å². The van der Waals surface area contributed by atoms with Gasteiger partial charge in [-0.3, -0.25) is 4.79 Å². The number of rotatable bonds is 9. The molecule has 1 aromatic heterocycles. The molecule has 1 aromatic carbocycles. The molecule has 2 N–H and O–H groups in total. The molecule has 8 nitrogen and oxygen atoms in total. The number of benzene rings is 1. The average molecular weight is 483 g/mol. The average Bonchev–Trinajstić information content (AvgIpc) is 2.69. The van der Waals surface area contributed by atoms with Crippen LogP contribution in [0.4, 0.5) is 14.5 Å². The Morgan fingerprint density at radius 1 is 1.21 bits per heavy atom. The minimum absolute atomic E-state index is 0.0136. The van der Waals surface area contributed by atoms with Crippen molar-refractivity contribution in [1.29, 1.82) is 0 Å². The quantitative estimate of drug-likeness (QED) is 0.572. The SMILES string of the molecule is CCNS(=O)(=O)N1CC(C(=O)Nc2ccc(C)nc2OC(F)F)(c2ccccc2C(C)C)C1. The second-order valence-electron chi connectivity index (χ2n) is 8.23. The van der Waals surface area contributed by atoms with E-state index in [1.165, 1.54) is 10.4 Å². The Morgan fingerprint density at radius 2 is 1.88 bits per heavy atom. The molecule has 0 spiro atoms. The number of ether oxygens (including phenoxy) is 1. The lowest BCUT2D eigenvalue weighted by atomic mass is 9.71. The summed E-state index contributed by atoms with van der Waals surface area (Å²) in [5.41, 5.74) is 0.808. The minimum atomic E-state index is -3.75. The van der Waals surface area contributed by atoms with E-state index in [-0.39, 0.29) is 31.2 Å². The van der Waals surface area contributed by atoms with Crippen molar-refractivity contribution in [2.24, 2.45) is 0 Å². The van der Waals surface area contributed by atoms with Crippen molar-refractivity contribution >= 4 is 21.8 Å². The number of pyridine rings is 1. The maximum Gasteiger partial charge on any atom is 0.388 e. The molecule has 1 aliphatic heterocycles. The number of aryl methyl sites for hydroxylation is 1. The fourth-order valence-corrected chi connectivity index (χ4v) is 5.24. The van der Waals surface area contributed by atoms with Crippen LogP contribution < -0.4 is 14.8 Å². The first-order chi connectivity index (χ1) is 15.5. The fourth-order valence-electron chi connectivity index (χ4n) is 3.92. The first kappa shape index (κ1) is 25.0. The topological polar surface area (TPSA) is 101 Å². The monoisotopic (exact) mass is 482 g/mol. The summed E-state index contributed by atoms with van der Waals surface area (Å²) in [7, 11) is -3.75. The van der Waals surface area contributed by atoms with Crippen molar-refractivity contribution in [2.45, 2.75) is 45.6 Å². The molecular formula is C22H28F2N4O4S. The molecule has 0 saturated carbocycles. The molecule has 1 fully saturated rings. The number of hydrogen-bond donors (Lipinski definition) is 2. The highest BCUT2D eigenvalue weighted by Crippen LogP contribution is 2.41. The maximum absolute atomic E-state index is 13.6. The summed E-state index contributed by atoms with van der Waals surface area (Å²) >= 11 is 0. The number of alkyl halides is 2. The van der Waals surface area contributed by atoms with Crippen LogP contribution in [-0.2, 0) is 20.4 Å². The van der Waals surface area contributed by atoms with Crippen LogP contribution in [0.15, 0.2) is 36.4 Å². The zero-order valence-corrected chi connectivity index (χ0v) is 19.7. The van der Waals surface area contributed by atoms with Crippen LogP contribution in [0.2, 0.25) is 0 Å². The van der Waals surface area contributed by atoms with E-state index in [0.29, 0.717) is 11.3 Å². The van der Waals surface area contributed by atoms with Gasteiger partial charge in [0.25, 0.3) is 10.2 Å². The molecule has 2 heterocycles. The Morgan fingerprint density at radius 3 is 2.48 bits per heavy atom. The van der Waals surface area contributed by atoms with Gasteiger partial charge >= 0.3 is 6.61 Å². The lowest BCUT2D eigenvalue weighted by Crippen LogP contribution is -2.68. The molecule has 1 amide bonds. The number of anilines is 1. The van der Waals surface area contributed by atoms with Crippen molar-refractivity contribution in [3.05, 3.63) is 53.2 Å². The molecule has 1 saturated heterocycles. The summed E-state index contributed by atoms with van der Waals surface area (Å²) in [6.45, 7) is 4.15. The van der Waals surface area contributed by atoms with Crippen LogP contribution in [0.1, 0.15) is 43.5 Å². The number of nitrogens with zero attached hydrogens (tertiary/aromatic N) is 2. The van der Waals surface area contributed by atoms with Crippen molar-refractivity contribution in [3.63, 3.8) is 0 Å². The molecule has 1 aliphatic rings. The smallest absolute Gasteiger partial charge is 0.388 e. The molecule has 0 bridgehead atoms. The van der Waals surface area contributed by atoms with E-state index in [2.05, 4.69) is 19.8 Å². The van der Waals surface area contributed by atoms with E-state index < -0.39 is 34.0 Å². The van der Waals surface area contributed by atoms with Crippen molar-refractivity contribution in [1.82, 2.24) is 14.0 Å². The van der Waals surface area contributed by atoms with E-state index in [4.69, 9.17) is 0 Å². The van der Waals surface area contributed by atoms with E-state index in [1.54, 1.807) is 32.0 Å². The van der Waals surface area contributed by atoms with Crippen LogP contribution in [0.3, 0.4) is 0 Å². The van der Waals surface area contributed by atoms with Gasteiger partial charge in [0.2, 0.25) is 11.8 Å². The first-order valence-corrected chi connectivity index (χ1v) is 12.0. The number of hydrogen-bond acceptors (Lipinski definition) is 5. The van der Waals surface area contributed by atoms with Crippen molar-refractivity contribution in [2.75, 3.05) is 25.0 Å². The summed E-state index contributed by atoms with van der Waals surface area (Å²) in [5.74, 6) is -0.852. The summed E-state index contributed by atoms with van der Waals surface area (Å²) in [5, 5.41) is 2.65. The van der Waals surface area contributed by atoms with Gasteiger partial charge in [0.1, 0.15) is 11.1 Å². The van der Waals surface area contributed by atoms with Crippen molar-refractivity contribution in [3.8, 4) is 5.88 Å². The zero-order valence-electron chi connectivity index (χ0n) is 18.9. The first-order valence-electron chi connectivity index (χ1n) is 10.6. The van der Waals surface area contributed by atoms with Gasteiger partial charge in [0, 0.05) is 25.3 Å². The third kappa shape index (κ3) is 5.15. The largest absolute Gasteiger partial charge is 0.415 e. The van der Waals surface area contributed by atoms with Gasteiger partial charge in [-0.1, -0.05) is 45.0 Å². The number of halogens is 2. The van der Waals surface area contributed by atoms with Crippen LogP contribution in [-0.4, -0.2) is 49.9 Å². The second kappa shape index (κ2) is 9.70. The number of nitrogens with one attached hydrogen (secondary N) is 2. The molecule has 33 heavy (non-hydrogen) atoms. The van der Waals surface area contributed by atoms with Gasteiger partial charge in [-0.15, -0.1) is 0 Å². The lowest BCUT2D eigenvalue weighted by Gasteiger charge is -2.48. The Hall–Kier alpha value is -2.63. The molecule has 0 aliphatic carbocycles. The summed E-state index contributed by atoms with van der Waals surface area (Å²) in [4.78, 5) is 17.6. The van der Waals surface area contributed by atoms with Gasteiger partial charge in [0.15, 0.2) is 0 Å². The standard InChI is InChI=1S/C22H28F2N4O4S/c1-5-25-33(30,31)28-12-22(13-28,17-9-7-6-8-16(17)14(2)3)20(29)27-18-11-10-15(4)26-19(18)32-21(23)24/h6-11,14,21,25H,5,12-13H2,1-4H3,(H,27,29). The van der Waals surface area contributed by atoms with Gasteiger partial charge < -0.3 is 10.1 Å². The lowest BCUT2D eigenvalue weighted by molar-refractivity contribution is -0.125. The van der Waals surface area contributed by atoms with E-state index in [9.17, 15) is 22.0 Å². The molecule has 0 unspecified atom stereocenters. The van der Waals surface area contributed by atoms with Gasteiger partial charge in [0.05, 0.1) is 0 Å². The molecule has 2 aromatic rings. The van der Waals surface area contributed by atoms with Crippen LogP contribution in [0, 0.1) is 6.92 Å². The van der Waals surface area contributed by atoms with Crippen LogP contribution >= 0.6 is 0 Å². The molecular weight excluding hydrogens is 454 g/mol. The third-order valence-corrected chi connectivity index (χ3v) is 7.13. The highest BCUT2D eigenvalue weighted by Gasteiger charge is 2.55. The van der Waals surface area contributed by atoms with E-state index >= 15 is 0 Å². The van der Waals surface area contributed by atoms with Gasteiger partial charge in [-0.05, 0) is 36.1 Å². The Labute approximate surface area is 192 Å².